The van der Waals surface area contributed by atoms with Crippen molar-refractivity contribution in [1.29, 1.82) is 0 Å². The highest BCUT2D eigenvalue weighted by molar-refractivity contribution is 5.86. The highest BCUT2D eigenvalue weighted by Crippen LogP contribution is 2.36. The second-order valence-electron chi connectivity index (χ2n) is 5.03. The van der Waals surface area contributed by atoms with Crippen LogP contribution in [-0.2, 0) is 0 Å². The Morgan fingerprint density at radius 1 is 0.583 bits per heavy atom. The average molecular weight is 312 g/mol. The van der Waals surface area contributed by atoms with Crippen molar-refractivity contribution in [2.45, 2.75) is 0 Å². The maximum absolute atomic E-state index is 8.68. The van der Waals surface area contributed by atoms with E-state index in [1.54, 1.807) is 18.2 Å². The zero-order valence-electron chi connectivity index (χ0n) is 12.6. The normalized spacial score (nSPS) is 9.67. The van der Waals surface area contributed by atoms with Gasteiger partial charge in [-0.2, -0.15) is 0 Å². The molecule has 0 aliphatic rings. The molecule has 0 radical (unpaired) electrons. The van der Waals surface area contributed by atoms with Gasteiger partial charge in [0.2, 0.25) is 0 Å². The molecule has 0 spiro atoms. The van der Waals surface area contributed by atoms with Crippen molar-refractivity contribution < 1.29 is 0 Å². The highest BCUT2D eigenvalue weighted by Gasteiger charge is 2.09. The Balaban J connectivity index is 2.23. The third-order valence-corrected chi connectivity index (χ3v) is 3.57. The first-order valence-corrected chi connectivity index (χ1v) is 7.22. The Bertz CT molecular complexity index is 968. The van der Waals surface area contributed by atoms with E-state index >= 15 is 0 Å². The predicted molar refractivity (Wildman–Crippen MR) is 94.9 cm³/mol. The molecule has 0 bridgehead atoms. The quantitative estimate of drug-likeness (QED) is 0.284. The van der Waals surface area contributed by atoms with Crippen LogP contribution in [0.3, 0.4) is 0 Å². The van der Waals surface area contributed by atoms with Crippen molar-refractivity contribution in [3.05, 3.63) is 93.7 Å². The molecule has 0 amide bonds. The van der Waals surface area contributed by atoms with Crippen LogP contribution < -0.4 is 0 Å². The maximum Gasteiger partial charge on any atom is 0.0381 e. The van der Waals surface area contributed by atoms with E-state index in [4.69, 9.17) is 11.1 Å². The first-order chi connectivity index (χ1) is 11.8. The lowest BCUT2D eigenvalue weighted by Gasteiger charge is -2.12. The molecule has 0 atom stereocenters. The summed E-state index contributed by atoms with van der Waals surface area (Å²) >= 11 is 0. The van der Waals surface area contributed by atoms with E-state index in [0.717, 1.165) is 22.3 Å². The standard InChI is InChI=1S/C18H12N6/c19-23-21-15-8-4-7-14(11-15)18-12-16(22-24-20)9-10-17(18)13-5-2-1-3-6-13/h1-12H. The lowest BCUT2D eigenvalue weighted by molar-refractivity contribution is 1.45. The molecule has 0 saturated heterocycles. The van der Waals surface area contributed by atoms with E-state index in [0.29, 0.717) is 11.4 Å². The topological polar surface area (TPSA) is 97.5 Å². The minimum atomic E-state index is 0.529. The molecule has 0 saturated carbocycles. The largest absolute Gasteiger partial charge is 0.0622 e. The number of hydrogen-bond acceptors (Lipinski definition) is 2. The van der Waals surface area contributed by atoms with Crippen LogP contribution in [0, 0.1) is 0 Å². The molecule has 0 heterocycles. The molecule has 3 aromatic carbocycles. The Labute approximate surface area is 138 Å². The molecule has 114 valence electrons. The summed E-state index contributed by atoms with van der Waals surface area (Å²) in [6.07, 6.45) is 0. The van der Waals surface area contributed by atoms with Crippen LogP contribution in [0.25, 0.3) is 43.1 Å². The summed E-state index contributed by atoms with van der Waals surface area (Å²) in [6.45, 7) is 0. The molecule has 0 N–H and O–H groups in total. The number of hydrogen-bond donors (Lipinski definition) is 0. The average Bonchev–Trinajstić information content (AvgIpc) is 2.63. The van der Waals surface area contributed by atoms with E-state index in [9.17, 15) is 0 Å². The Hall–Kier alpha value is -3.72. The first kappa shape index (κ1) is 15.2. The van der Waals surface area contributed by atoms with Gasteiger partial charge in [-0.1, -0.05) is 70.9 Å². The van der Waals surface area contributed by atoms with Gasteiger partial charge in [-0.3, -0.25) is 0 Å². The van der Waals surface area contributed by atoms with E-state index in [2.05, 4.69) is 20.1 Å². The van der Waals surface area contributed by atoms with Crippen molar-refractivity contribution >= 4 is 11.4 Å². The summed E-state index contributed by atoms with van der Waals surface area (Å²) in [7, 11) is 0. The number of nitrogens with zero attached hydrogens (tertiary/aromatic N) is 6. The fourth-order valence-corrected chi connectivity index (χ4v) is 2.54. The van der Waals surface area contributed by atoms with Gasteiger partial charge in [0, 0.05) is 21.2 Å². The summed E-state index contributed by atoms with van der Waals surface area (Å²) < 4.78 is 0. The third kappa shape index (κ3) is 3.20. The van der Waals surface area contributed by atoms with Gasteiger partial charge in [-0.05, 0) is 45.4 Å². The predicted octanol–water partition coefficient (Wildman–Crippen LogP) is 6.90. The van der Waals surface area contributed by atoms with Crippen LogP contribution in [-0.4, -0.2) is 0 Å². The Morgan fingerprint density at radius 2 is 1.25 bits per heavy atom. The number of benzene rings is 3. The smallest absolute Gasteiger partial charge is 0.0381 e. The van der Waals surface area contributed by atoms with E-state index < -0.39 is 0 Å². The maximum atomic E-state index is 8.68. The molecule has 3 aromatic rings. The third-order valence-electron chi connectivity index (χ3n) is 3.57. The van der Waals surface area contributed by atoms with Crippen molar-refractivity contribution in [2.24, 2.45) is 10.2 Å². The molecular weight excluding hydrogens is 300 g/mol. The summed E-state index contributed by atoms with van der Waals surface area (Å²) in [5.74, 6) is 0. The Kier molecular flexibility index (Phi) is 4.45. The van der Waals surface area contributed by atoms with Gasteiger partial charge in [0.1, 0.15) is 0 Å². The number of azide groups is 2. The van der Waals surface area contributed by atoms with Gasteiger partial charge in [0.15, 0.2) is 0 Å². The Morgan fingerprint density at radius 3 is 1.96 bits per heavy atom. The fourth-order valence-electron chi connectivity index (χ4n) is 2.54. The summed E-state index contributed by atoms with van der Waals surface area (Å²) in [6, 6.07) is 22.8. The molecule has 0 fully saturated rings. The van der Waals surface area contributed by atoms with Crippen LogP contribution in [0.15, 0.2) is 83.0 Å². The molecule has 3 rings (SSSR count). The van der Waals surface area contributed by atoms with Gasteiger partial charge in [0.25, 0.3) is 0 Å². The molecule has 0 aromatic heterocycles. The number of rotatable bonds is 4. The van der Waals surface area contributed by atoms with Crippen LogP contribution in [0.1, 0.15) is 0 Å². The molecule has 6 heteroatoms. The van der Waals surface area contributed by atoms with Crippen LogP contribution in [0.2, 0.25) is 0 Å². The lowest BCUT2D eigenvalue weighted by atomic mass is 9.94. The van der Waals surface area contributed by atoms with Crippen LogP contribution in [0.5, 0.6) is 0 Å². The van der Waals surface area contributed by atoms with Gasteiger partial charge >= 0.3 is 0 Å². The van der Waals surface area contributed by atoms with E-state index in [1.807, 2.05) is 54.6 Å². The van der Waals surface area contributed by atoms with Gasteiger partial charge < -0.3 is 0 Å². The molecule has 6 nitrogen and oxygen atoms in total. The van der Waals surface area contributed by atoms with Crippen molar-refractivity contribution in [3.8, 4) is 22.3 Å². The van der Waals surface area contributed by atoms with E-state index in [1.165, 1.54) is 0 Å². The highest BCUT2D eigenvalue weighted by atomic mass is 15.1. The minimum absolute atomic E-state index is 0.529. The van der Waals surface area contributed by atoms with Gasteiger partial charge in [0.05, 0.1) is 0 Å². The zero-order chi connectivity index (χ0) is 16.8. The second-order valence-corrected chi connectivity index (χ2v) is 5.03. The molecule has 0 aliphatic carbocycles. The van der Waals surface area contributed by atoms with Crippen molar-refractivity contribution in [2.75, 3.05) is 0 Å². The molecule has 24 heavy (non-hydrogen) atoms. The van der Waals surface area contributed by atoms with Gasteiger partial charge in [-0.25, -0.2) is 0 Å². The zero-order valence-corrected chi connectivity index (χ0v) is 12.6. The van der Waals surface area contributed by atoms with Gasteiger partial charge in [-0.15, -0.1) is 0 Å². The SMILES string of the molecule is [N-]=[N+]=Nc1cccc(-c2cc(N=[N+]=[N-])ccc2-c2ccccc2)c1. The summed E-state index contributed by atoms with van der Waals surface area (Å²) in [5.41, 5.74) is 22.2. The molecular formula is C18H12N6. The van der Waals surface area contributed by atoms with Crippen LogP contribution >= 0.6 is 0 Å². The van der Waals surface area contributed by atoms with Crippen LogP contribution in [0.4, 0.5) is 11.4 Å². The monoisotopic (exact) mass is 312 g/mol. The first-order valence-electron chi connectivity index (χ1n) is 7.22. The second kappa shape index (κ2) is 7.03. The van der Waals surface area contributed by atoms with Crippen molar-refractivity contribution in [3.63, 3.8) is 0 Å². The van der Waals surface area contributed by atoms with Crippen molar-refractivity contribution in [1.82, 2.24) is 0 Å². The minimum Gasteiger partial charge on any atom is -0.0622 e. The fraction of sp³-hybridized carbons (Fsp3) is 0. The lowest BCUT2D eigenvalue weighted by Crippen LogP contribution is -1.85. The summed E-state index contributed by atoms with van der Waals surface area (Å²) in [4.78, 5) is 5.68. The molecule has 0 unspecified atom stereocenters. The molecule has 0 aliphatic heterocycles. The van der Waals surface area contributed by atoms with E-state index in [-0.39, 0.29) is 0 Å². The summed E-state index contributed by atoms with van der Waals surface area (Å²) in [5, 5.41) is 7.34.